The first-order valence-corrected chi connectivity index (χ1v) is 5.01. The molecule has 0 aliphatic carbocycles. The van der Waals surface area contributed by atoms with Crippen molar-refractivity contribution >= 4 is 22.8 Å². The number of nitrogens with one attached hydrogen (secondary N) is 2. The Balaban J connectivity index is 2.32. The fraction of sp³-hybridized carbons (Fsp3) is 0.182. The molecule has 6 heteroatoms. The number of benzene rings is 1. The summed E-state index contributed by atoms with van der Waals surface area (Å²) in [6, 6.07) is 3.37. The maximum Gasteiger partial charge on any atom is 0.412 e. The van der Waals surface area contributed by atoms with E-state index in [1.807, 2.05) is 0 Å². The number of fused-ring (bicyclic) bond motifs is 1. The molecule has 2 rings (SSSR count). The summed E-state index contributed by atoms with van der Waals surface area (Å²) < 4.78 is 30.9. The molecule has 0 atom stereocenters. The number of aromatic amines is 1. The average Bonchev–Trinajstić information content (AvgIpc) is 2.60. The molecule has 0 bridgehead atoms. The minimum absolute atomic E-state index is 0.137. The van der Waals surface area contributed by atoms with Gasteiger partial charge in [0, 0.05) is 11.5 Å². The van der Waals surface area contributed by atoms with Crippen molar-refractivity contribution in [3.63, 3.8) is 0 Å². The third-order valence-corrected chi connectivity index (χ3v) is 2.16. The summed E-state index contributed by atoms with van der Waals surface area (Å²) >= 11 is 0. The second-order valence-electron chi connectivity index (χ2n) is 3.38. The number of anilines is 1. The molecule has 0 unspecified atom stereocenters. The van der Waals surface area contributed by atoms with Crippen LogP contribution in [0, 0.1) is 11.6 Å². The lowest BCUT2D eigenvalue weighted by Crippen LogP contribution is -2.13. The molecule has 2 N–H and O–H groups in total. The van der Waals surface area contributed by atoms with Crippen molar-refractivity contribution in [2.24, 2.45) is 0 Å². The number of aromatic nitrogens is 1. The predicted molar refractivity (Wildman–Crippen MR) is 58.9 cm³/mol. The van der Waals surface area contributed by atoms with Gasteiger partial charge in [-0.25, -0.2) is 13.6 Å². The van der Waals surface area contributed by atoms with E-state index >= 15 is 0 Å². The number of H-pyrrole nitrogens is 1. The molecule has 1 aromatic carbocycles. The van der Waals surface area contributed by atoms with Crippen molar-refractivity contribution in [2.75, 3.05) is 11.9 Å². The van der Waals surface area contributed by atoms with Crippen LogP contribution in [0.1, 0.15) is 6.92 Å². The van der Waals surface area contributed by atoms with Crippen molar-refractivity contribution in [1.82, 2.24) is 4.98 Å². The molecule has 0 aliphatic heterocycles. The van der Waals surface area contributed by atoms with Gasteiger partial charge in [0.1, 0.15) is 17.5 Å². The van der Waals surface area contributed by atoms with Gasteiger partial charge in [-0.05, 0) is 19.1 Å². The van der Waals surface area contributed by atoms with Crippen LogP contribution in [0.4, 0.5) is 19.4 Å². The smallest absolute Gasteiger partial charge is 0.412 e. The molecule has 90 valence electrons. The number of carbonyl (C=O) groups excluding carboxylic acids is 1. The average molecular weight is 240 g/mol. The second-order valence-corrected chi connectivity index (χ2v) is 3.38. The quantitative estimate of drug-likeness (QED) is 0.847. The molecule has 0 radical (unpaired) electrons. The van der Waals surface area contributed by atoms with Gasteiger partial charge in [-0.3, -0.25) is 5.32 Å². The van der Waals surface area contributed by atoms with Crippen LogP contribution in [0.25, 0.3) is 10.9 Å². The summed E-state index contributed by atoms with van der Waals surface area (Å²) in [5, 5.41) is 2.72. The first kappa shape index (κ1) is 11.4. The molecule has 0 saturated carbocycles. The Kier molecular flexibility index (Phi) is 2.95. The lowest BCUT2D eigenvalue weighted by atomic mass is 10.2. The normalized spacial score (nSPS) is 10.5. The van der Waals surface area contributed by atoms with Crippen molar-refractivity contribution in [3.8, 4) is 0 Å². The Morgan fingerprint density at radius 3 is 2.88 bits per heavy atom. The van der Waals surface area contributed by atoms with Gasteiger partial charge in [0.2, 0.25) is 0 Å². The van der Waals surface area contributed by atoms with Crippen molar-refractivity contribution in [2.45, 2.75) is 6.92 Å². The van der Waals surface area contributed by atoms with Crippen molar-refractivity contribution in [3.05, 3.63) is 29.8 Å². The van der Waals surface area contributed by atoms with E-state index in [4.69, 9.17) is 0 Å². The summed E-state index contributed by atoms with van der Waals surface area (Å²) in [7, 11) is 0. The zero-order chi connectivity index (χ0) is 12.4. The van der Waals surface area contributed by atoms with Crippen LogP contribution in [0.15, 0.2) is 18.2 Å². The van der Waals surface area contributed by atoms with Gasteiger partial charge in [0.25, 0.3) is 0 Å². The molecule has 0 saturated heterocycles. The van der Waals surface area contributed by atoms with E-state index in [1.54, 1.807) is 6.92 Å². The zero-order valence-electron chi connectivity index (χ0n) is 9.01. The van der Waals surface area contributed by atoms with Crippen LogP contribution >= 0.6 is 0 Å². The molecular formula is C11H10F2N2O2. The van der Waals surface area contributed by atoms with Crippen LogP contribution in [-0.4, -0.2) is 17.7 Å². The highest BCUT2D eigenvalue weighted by atomic mass is 19.1. The van der Waals surface area contributed by atoms with Crippen LogP contribution in [0.2, 0.25) is 0 Å². The highest BCUT2D eigenvalue weighted by Crippen LogP contribution is 2.22. The Morgan fingerprint density at radius 1 is 1.41 bits per heavy atom. The topological polar surface area (TPSA) is 54.1 Å². The number of rotatable bonds is 2. The molecule has 1 amide bonds. The molecule has 0 fully saturated rings. The van der Waals surface area contributed by atoms with E-state index in [-0.39, 0.29) is 17.9 Å². The van der Waals surface area contributed by atoms with Crippen molar-refractivity contribution < 1.29 is 18.3 Å². The van der Waals surface area contributed by atoms with Crippen molar-refractivity contribution in [1.29, 1.82) is 0 Å². The Bertz CT molecular complexity index is 566. The van der Waals surface area contributed by atoms with Crippen LogP contribution in [-0.2, 0) is 4.74 Å². The highest BCUT2D eigenvalue weighted by molar-refractivity contribution is 5.90. The monoisotopic (exact) mass is 240 g/mol. The Labute approximate surface area is 95.6 Å². The SMILES string of the molecule is CCOC(=O)Nc1cc2cc(F)cc(F)c2[nH]1. The summed E-state index contributed by atoms with van der Waals surface area (Å²) in [6.45, 7) is 1.90. The van der Waals surface area contributed by atoms with E-state index in [9.17, 15) is 13.6 Å². The summed E-state index contributed by atoms with van der Waals surface area (Å²) in [4.78, 5) is 13.7. The summed E-state index contributed by atoms with van der Waals surface area (Å²) in [6.07, 6.45) is -0.653. The minimum Gasteiger partial charge on any atom is -0.450 e. The van der Waals surface area contributed by atoms with E-state index in [0.717, 1.165) is 6.07 Å². The fourth-order valence-corrected chi connectivity index (χ4v) is 1.51. The first-order chi connectivity index (χ1) is 8.10. The second kappa shape index (κ2) is 4.40. The third-order valence-electron chi connectivity index (χ3n) is 2.16. The van der Waals surface area contributed by atoms with Crippen LogP contribution in [0.3, 0.4) is 0 Å². The standard InChI is InChI=1S/C11H10F2N2O2/c1-2-17-11(16)15-9-4-6-3-7(12)5-8(13)10(6)14-9/h3-5,14H,2H2,1H3,(H,15,16). The fourth-order valence-electron chi connectivity index (χ4n) is 1.51. The van der Waals surface area contributed by atoms with E-state index in [2.05, 4.69) is 15.0 Å². The van der Waals surface area contributed by atoms with Gasteiger partial charge in [0.05, 0.1) is 12.1 Å². The first-order valence-electron chi connectivity index (χ1n) is 5.01. The maximum absolute atomic E-state index is 13.3. The Morgan fingerprint density at radius 2 is 2.18 bits per heavy atom. The summed E-state index contributed by atoms with van der Waals surface area (Å²) in [5.41, 5.74) is 0.137. The molecule has 1 aromatic heterocycles. The number of carbonyl (C=O) groups is 1. The molecule has 0 aliphatic rings. The molecule has 4 nitrogen and oxygen atoms in total. The van der Waals surface area contributed by atoms with Gasteiger partial charge in [-0.2, -0.15) is 0 Å². The number of halogens is 2. The van der Waals surface area contributed by atoms with Gasteiger partial charge < -0.3 is 9.72 Å². The van der Waals surface area contributed by atoms with Gasteiger partial charge in [-0.1, -0.05) is 0 Å². The molecule has 0 spiro atoms. The largest absolute Gasteiger partial charge is 0.450 e. The zero-order valence-corrected chi connectivity index (χ0v) is 9.01. The van der Waals surface area contributed by atoms with E-state index in [0.29, 0.717) is 5.39 Å². The number of amides is 1. The molecular weight excluding hydrogens is 230 g/mol. The Hall–Kier alpha value is -2.11. The predicted octanol–water partition coefficient (Wildman–Crippen LogP) is 3.01. The van der Waals surface area contributed by atoms with Gasteiger partial charge in [0.15, 0.2) is 0 Å². The highest BCUT2D eigenvalue weighted by Gasteiger charge is 2.10. The number of ether oxygens (including phenoxy) is 1. The van der Waals surface area contributed by atoms with E-state index in [1.165, 1.54) is 12.1 Å². The molecule has 17 heavy (non-hydrogen) atoms. The molecule has 2 aromatic rings. The summed E-state index contributed by atoms with van der Waals surface area (Å²) in [5.74, 6) is -1.13. The van der Waals surface area contributed by atoms with Gasteiger partial charge in [-0.15, -0.1) is 0 Å². The lowest BCUT2D eigenvalue weighted by Gasteiger charge is -2.01. The number of hydrogen-bond acceptors (Lipinski definition) is 2. The van der Waals surface area contributed by atoms with Crippen LogP contribution in [0.5, 0.6) is 0 Å². The molecule has 1 heterocycles. The maximum atomic E-state index is 13.3. The third kappa shape index (κ3) is 2.35. The minimum atomic E-state index is -0.711. The lowest BCUT2D eigenvalue weighted by molar-refractivity contribution is 0.168. The number of hydrogen-bond donors (Lipinski definition) is 2. The van der Waals surface area contributed by atoms with Gasteiger partial charge >= 0.3 is 6.09 Å². The van der Waals surface area contributed by atoms with E-state index < -0.39 is 17.7 Å². The van der Waals surface area contributed by atoms with Crippen LogP contribution < -0.4 is 5.32 Å².